The van der Waals surface area contributed by atoms with Gasteiger partial charge in [-0.25, -0.2) is 0 Å². The van der Waals surface area contributed by atoms with Crippen molar-refractivity contribution in [2.45, 2.75) is 64.3 Å². The quantitative estimate of drug-likeness (QED) is 0.110. The van der Waals surface area contributed by atoms with Crippen LogP contribution in [-0.2, 0) is 43.3 Å². The van der Waals surface area contributed by atoms with Crippen LogP contribution in [0.4, 0.5) is 0 Å². The molecule has 2 amide bonds. The lowest BCUT2D eigenvalue weighted by Gasteiger charge is -2.30. The summed E-state index contributed by atoms with van der Waals surface area (Å²) in [7, 11) is 0. The average molecular weight is 696 g/mol. The van der Waals surface area contributed by atoms with Crippen LogP contribution in [0.3, 0.4) is 0 Å². The Balaban J connectivity index is 1.29. The largest absolute Gasteiger partial charge is 0.465 e. The minimum absolute atomic E-state index is 0.0127. The summed E-state index contributed by atoms with van der Waals surface area (Å²) >= 11 is 6.33. The first kappa shape index (κ1) is 36.8. The second-order valence-corrected chi connectivity index (χ2v) is 13.9. The Bertz CT molecular complexity index is 1800. The van der Waals surface area contributed by atoms with Crippen LogP contribution in [0.15, 0.2) is 109 Å². The van der Waals surface area contributed by atoms with Crippen molar-refractivity contribution in [2.75, 3.05) is 19.8 Å². The van der Waals surface area contributed by atoms with E-state index in [1.165, 1.54) is 0 Å². The Hall–Kier alpha value is -4.50. The third-order valence-electron chi connectivity index (χ3n) is 8.95. The van der Waals surface area contributed by atoms with Crippen molar-refractivity contribution in [2.24, 2.45) is 11.1 Å². The molecule has 0 saturated carbocycles. The highest BCUT2D eigenvalue weighted by molar-refractivity contribution is 6.30. The zero-order valence-corrected chi connectivity index (χ0v) is 29.5. The summed E-state index contributed by atoms with van der Waals surface area (Å²) in [6.07, 6.45) is 6.38. The second kappa shape index (κ2) is 17.4. The first-order valence-electron chi connectivity index (χ1n) is 17.1. The molecule has 3 N–H and O–H groups in total. The number of benzene rings is 4. The molecule has 1 aliphatic rings. The number of rotatable bonds is 15. The molecule has 4 aromatic carbocycles. The van der Waals surface area contributed by atoms with Gasteiger partial charge in [-0.05, 0) is 65.8 Å². The van der Waals surface area contributed by atoms with E-state index in [9.17, 15) is 14.4 Å². The molecular weight excluding hydrogens is 650 g/mol. The van der Waals surface area contributed by atoms with Crippen LogP contribution in [0.1, 0.15) is 43.4 Å². The van der Waals surface area contributed by atoms with Gasteiger partial charge >= 0.3 is 5.97 Å². The summed E-state index contributed by atoms with van der Waals surface area (Å²) < 4.78 is 11.8. The number of nitrogens with two attached hydrogens (primary N) is 1. The van der Waals surface area contributed by atoms with Crippen molar-refractivity contribution in [1.82, 2.24) is 10.2 Å². The molecular formula is C41H46ClN3O5. The minimum atomic E-state index is -0.889. The van der Waals surface area contributed by atoms with Gasteiger partial charge in [0.15, 0.2) is 0 Å². The number of nitrogens with zero attached hydrogens (tertiary/aromatic N) is 1. The third kappa shape index (κ3) is 10.5. The van der Waals surface area contributed by atoms with Gasteiger partial charge in [-0.2, -0.15) is 0 Å². The van der Waals surface area contributed by atoms with Gasteiger partial charge in [0.1, 0.15) is 12.6 Å². The van der Waals surface area contributed by atoms with E-state index in [0.717, 1.165) is 40.3 Å². The number of likely N-dealkylation sites (tertiary alicyclic amines) is 1. The fraction of sp³-hybridized carbons (Fsp3) is 0.341. The summed E-state index contributed by atoms with van der Waals surface area (Å²) in [5, 5.41) is 5.62. The van der Waals surface area contributed by atoms with Crippen molar-refractivity contribution >= 4 is 40.2 Å². The van der Waals surface area contributed by atoms with Gasteiger partial charge in [0.05, 0.1) is 31.7 Å². The smallest absolute Gasteiger partial charge is 0.310 e. The number of hydrogen-bond donors (Lipinski definition) is 2. The monoisotopic (exact) mass is 695 g/mol. The predicted octanol–water partition coefficient (Wildman–Crippen LogP) is 6.42. The first-order chi connectivity index (χ1) is 24.1. The fourth-order valence-corrected chi connectivity index (χ4v) is 6.45. The lowest BCUT2D eigenvalue weighted by molar-refractivity contribution is -0.145. The number of ether oxygens (including phenoxy) is 2. The summed E-state index contributed by atoms with van der Waals surface area (Å²) in [4.78, 5) is 41.5. The molecule has 50 heavy (non-hydrogen) atoms. The van der Waals surface area contributed by atoms with Gasteiger partial charge in [-0.1, -0.05) is 116 Å². The highest BCUT2D eigenvalue weighted by Gasteiger charge is 2.34. The van der Waals surface area contributed by atoms with E-state index in [2.05, 4.69) is 11.4 Å². The molecule has 0 aromatic heterocycles. The van der Waals surface area contributed by atoms with Gasteiger partial charge in [-0.3, -0.25) is 14.4 Å². The number of esters is 1. The molecule has 5 rings (SSSR count). The van der Waals surface area contributed by atoms with E-state index in [1.54, 1.807) is 11.8 Å². The van der Waals surface area contributed by atoms with Crippen molar-refractivity contribution < 1.29 is 23.9 Å². The molecule has 1 aliphatic heterocycles. The van der Waals surface area contributed by atoms with E-state index in [1.807, 2.05) is 110 Å². The van der Waals surface area contributed by atoms with E-state index >= 15 is 0 Å². The number of hydrogen-bond acceptors (Lipinski definition) is 6. The number of amides is 2. The second-order valence-electron chi connectivity index (χ2n) is 13.4. The summed E-state index contributed by atoms with van der Waals surface area (Å²) in [5.74, 6) is -0.956. The summed E-state index contributed by atoms with van der Waals surface area (Å²) in [6.45, 7) is 4.63. The zero-order valence-electron chi connectivity index (χ0n) is 28.7. The maximum atomic E-state index is 14.0. The van der Waals surface area contributed by atoms with Crippen molar-refractivity contribution in [3.8, 4) is 0 Å². The topological polar surface area (TPSA) is 111 Å². The molecule has 8 nitrogen and oxygen atoms in total. The molecule has 9 heteroatoms. The first-order valence-corrected chi connectivity index (χ1v) is 17.5. The minimum Gasteiger partial charge on any atom is -0.465 e. The van der Waals surface area contributed by atoms with E-state index < -0.39 is 23.4 Å². The molecule has 0 aliphatic carbocycles. The molecule has 1 fully saturated rings. The molecule has 262 valence electrons. The van der Waals surface area contributed by atoms with Crippen LogP contribution in [0.2, 0.25) is 5.02 Å². The van der Waals surface area contributed by atoms with E-state index in [4.69, 9.17) is 26.8 Å². The molecule has 4 atom stereocenters. The third-order valence-corrected chi connectivity index (χ3v) is 9.18. The van der Waals surface area contributed by atoms with E-state index in [-0.39, 0.29) is 37.6 Å². The maximum Gasteiger partial charge on any atom is 0.310 e. The Morgan fingerprint density at radius 1 is 0.960 bits per heavy atom. The Kier molecular flexibility index (Phi) is 12.8. The highest BCUT2D eigenvalue weighted by atomic mass is 35.5. The Morgan fingerprint density at radius 2 is 1.70 bits per heavy atom. The Morgan fingerprint density at radius 3 is 2.46 bits per heavy atom. The average Bonchev–Trinajstić information content (AvgIpc) is 3.58. The van der Waals surface area contributed by atoms with Gasteiger partial charge in [0.25, 0.3) is 0 Å². The molecule has 1 saturated heterocycles. The molecule has 1 heterocycles. The van der Waals surface area contributed by atoms with Gasteiger partial charge < -0.3 is 25.4 Å². The highest BCUT2D eigenvalue weighted by Crippen LogP contribution is 2.29. The van der Waals surface area contributed by atoms with Crippen LogP contribution < -0.4 is 11.1 Å². The molecule has 0 radical (unpaired) electrons. The zero-order chi connectivity index (χ0) is 35.5. The normalized spacial score (nSPS) is 17.0. The number of halogens is 1. The predicted molar refractivity (Wildman–Crippen MR) is 197 cm³/mol. The van der Waals surface area contributed by atoms with Gasteiger partial charge in [0.2, 0.25) is 11.8 Å². The number of carbonyl (C=O) groups excluding carboxylic acids is 3. The van der Waals surface area contributed by atoms with Crippen LogP contribution in [0.5, 0.6) is 0 Å². The van der Waals surface area contributed by atoms with Gasteiger partial charge in [0, 0.05) is 17.0 Å². The van der Waals surface area contributed by atoms with Crippen LogP contribution in [0.25, 0.3) is 10.8 Å². The maximum absolute atomic E-state index is 14.0. The molecule has 0 bridgehead atoms. The number of nitrogens with one attached hydrogen (secondary N) is 1. The van der Waals surface area contributed by atoms with E-state index in [0.29, 0.717) is 24.6 Å². The summed E-state index contributed by atoms with van der Waals surface area (Å²) in [6, 6.07) is 29.5. The van der Waals surface area contributed by atoms with Crippen LogP contribution >= 0.6 is 11.6 Å². The van der Waals surface area contributed by atoms with Crippen molar-refractivity contribution in [1.29, 1.82) is 0 Å². The lowest BCUT2D eigenvalue weighted by Crippen LogP contribution is -2.54. The van der Waals surface area contributed by atoms with Crippen molar-refractivity contribution in [3.63, 3.8) is 0 Å². The van der Waals surface area contributed by atoms with Crippen molar-refractivity contribution in [3.05, 3.63) is 131 Å². The lowest BCUT2D eigenvalue weighted by atomic mass is 9.83. The van der Waals surface area contributed by atoms with Gasteiger partial charge in [-0.15, -0.1) is 0 Å². The number of carbonyl (C=O) groups is 3. The molecule has 2 unspecified atom stereocenters. The molecule has 4 aromatic rings. The van der Waals surface area contributed by atoms with Crippen LogP contribution in [0, 0.1) is 5.41 Å². The Labute approximate surface area is 299 Å². The molecule has 0 spiro atoms. The standard InChI is InChI=1S/C41H46ClN3O5/c1-29(43)39(47)44-37(27-49-26-30-10-4-3-5-11-30)40(48)45-21-9-16-36(45)19-20-41(2,25-32-12-8-15-35(42)23-32)28-50-38(46)24-31-17-18-33-13-6-7-14-34(33)22-31/h3-8,10-15,17-20,22-23,29,36-37H,9,16,21,24-28,43H2,1-2H3,(H,44,47)/b20-19+/t29?,36-,37?,41-/m0/s1. The fourth-order valence-electron chi connectivity index (χ4n) is 6.24. The van der Waals surface area contributed by atoms with Crippen LogP contribution in [-0.4, -0.2) is 60.6 Å². The SMILES string of the molecule is CC(N)C(=O)NC(COCc1ccccc1)C(=O)N1CCC[C@H]1/C=C/[C@](C)(COC(=O)Cc1ccc2ccccc2c1)Cc1cccc(Cl)c1. The summed E-state index contributed by atoms with van der Waals surface area (Å²) in [5.41, 5.74) is 8.10. The number of fused-ring (bicyclic) bond motifs is 1.